The molecule has 18 heavy (non-hydrogen) atoms. The first-order valence-electron chi connectivity index (χ1n) is 5.06. The van der Waals surface area contributed by atoms with Crippen LogP contribution in [-0.4, -0.2) is 11.1 Å². The van der Waals surface area contributed by atoms with Crippen LogP contribution in [0.4, 0.5) is 5.69 Å². The Balaban J connectivity index is 2.07. The van der Waals surface area contributed by atoms with Gasteiger partial charge in [-0.3, -0.25) is 0 Å². The van der Waals surface area contributed by atoms with Gasteiger partial charge in [-0.05, 0) is 18.2 Å². The quantitative estimate of drug-likeness (QED) is 0.882. The van der Waals surface area contributed by atoms with Crippen LogP contribution in [0.15, 0.2) is 29.6 Å². The van der Waals surface area contributed by atoms with Crippen molar-refractivity contribution >= 4 is 46.2 Å². The normalized spacial score (nSPS) is 10.3. The molecule has 1 aromatic carbocycles. The number of aromatic carboxylic acids is 1. The van der Waals surface area contributed by atoms with Crippen LogP contribution in [-0.2, 0) is 6.54 Å². The highest BCUT2D eigenvalue weighted by Gasteiger charge is 2.07. The molecule has 0 aliphatic carbocycles. The van der Waals surface area contributed by atoms with Crippen molar-refractivity contribution in [1.82, 2.24) is 0 Å². The number of halogens is 2. The van der Waals surface area contributed by atoms with Gasteiger partial charge in [-0.1, -0.05) is 29.3 Å². The minimum absolute atomic E-state index is 0.300. The molecule has 2 N–H and O–H groups in total. The number of thiophene rings is 1. The van der Waals surface area contributed by atoms with Gasteiger partial charge in [0, 0.05) is 16.8 Å². The van der Waals surface area contributed by atoms with Crippen molar-refractivity contribution in [2.45, 2.75) is 6.54 Å². The molecule has 2 rings (SSSR count). The van der Waals surface area contributed by atoms with Crippen LogP contribution in [0.25, 0.3) is 0 Å². The second-order valence-corrected chi connectivity index (χ2v) is 5.34. The lowest BCUT2D eigenvalue weighted by molar-refractivity contribution is 0.0697. The summed E-state index contributed by atoms with van der Waals surface area (Å²) in [5.41, 5.74) is 1.03. The van der Waals surface area contributed by atoms with E-state index in [0.29, 0.717) is 22.2 Å². The van der Waals surface area contributed by atoms with Crippen molar-refractivity contribution in [1.29, 1.82) is 0 Å². The molecule has 0 saturated heterocycles. The zero-order valence-electron chi connectivity index (χ0n) is 9.11. The number of carboxylic acids is 1. The predicted octanol–water partition coefficient (Wildman–Crippen LogP) is 4.37. The third kappa shape index (κ3) is 2.96. The third-order valence-corrected chi connectivity index (χ3v) is 4.06. The Kier molecular flexibility index (Phi) is 4.11. The van der Waals surface area contributed by atoms with E-state index in [0.717, 1.165) is 10.6 Å². The second kappa shape index (κ2) is 5.61. The summed E-state index contributed by atoms with van der Waals surface area (Å²) >= 11 is 13.3. The number of hydrogen-bond acceptors (Lipinski definition) is 3. The van der Waals surface area contributed by atoms with Crippen molar-refractivity contribution in [3.05, 3.63) is 50.1 Å². The van der Waals surface area contributed by atoms with Gasteiger partial charge in [0.1, 0.15) is 0 Å². The third-order valence-electron chi connectivity index (χ3n) is 2.31. The van der Waals surface area contributed by atoms with Crippen molar-refractivity contribution in [2.24, 2.45) is 0 Å². The zero-order chi connectivity index (χ0) is 13.1. The monoisotopic (exact) mass is 301 g/mol. The van der Waals surface area contributed by atoms with E-state index in [1.165, 1.54) is 11.3 Å². The van der Waals surface area contributed by atoms with Crippen molar-refractivity contribution < 1.29 is 9.90 Å². The summed E-state index contributed by atoms with van der Waals surface area (Å²) in [6.45, 7) is 0.512. The van der Waals surface area contributed by atoms with E-state index in [2.05, 4.69) is 5.32 Å². The molecule has 0 aliphatic rings. The zero-order valence-corrected chi connectivity index (χ0v) is 11.4. The summed E-state index contributed by atoms with van der Waals surface area (Å²) in [6.07, 6.45) is 0. The van der Waals surface area contributed by atoms with Crippen molar-refractivity contribution in [3.63, 3.8) is 0 Å². The van der Waals surface area contributed by atoms with E-state index in [9.17, 15) is 4.79 Å². The largest absolute Gasteiger partial charge is 0.478 e. The molecular weight excluding hydrogens is 293 g/mol. The van der Waals surface area contributed by atoms with Gasteiger partial charge in [0.15, 0.2) is 0 Å². The lowest BCUT2D eigenvalue weighted by Crippen LogP contribution is -1.98. The number of hydrogen-bond donors (Lipinski definition) is 2. The van der Waals surface area contributed by atoms with Crippen LogP contribution in [0.2, 0.25) is 10.0 Å². The Bertz CT molecular complexity index is 583. The van der Waals surface area contributed by atoms with Gasteiger partial charge in [0.05, 0.1) is 21.3 Å². The minimum atomic E-state index is -0.918. The first kappa shape index (κ1) is 13.2. The van der Waals surface area contributed by atoms with E-state index < -0.39 is 5.97 Å². The first-order chi connectivity index (χ1) is 8.58. The van der Waals surface area contributed by atoms with Crippen LogP contribution >= 0.6 is 34.5 Å². The number of rotatable bonds is 4. The summed E-state index contributed by atoms with van der Waals surface area (Å²) in [6, 6.07) is 6.97. The second-order valence-electron chi connectivity index (χ2n) is 3.56. The average Bonchev–Trinajstić information content (AvgIpc) is 2.80. The molecule has 0 radical (unpaired) electrons. The Labute approximate surface area is 118 Å². The summed E-state index contributed by atoms with van der Waals surface area (Å²) in [7, 11) is 0. The van der Waals surface area contributed by atoms with Crippen LogP contribution < -0.4 is 5.32 Å². The fourth-order valence-electron chi connectivity index (χ4n) is 1.41. The number of nitrogens with one attached hydrogen (secondary N) is 1. The topological polar surface area (TPSA) is 49.3 Å². The molecule has 3 nitrogen and oxygen atoms in total. The fourth-order valence-corrected chi connectivity index (χ4v) is 2.57. The molecule has 0 unspecified atom stereocenters. The highest BCUT2D eigenvalue weighted by molar-refractivity contribution is 7.10. The molecule has 0 fully saturated rings. The van der Waals surface area contributed by atoms with Gasteiger partial charge in [0.25, 0.3) is 0 Å². The molecule has 1 heterocycles. The van der Waals surface area contributed by atoms with E-state index in [4.69, 9.17) is 28.3 Å². The highest BCUT2D eigenvalue weighted by Crippen LogP contribution is 2.30. The van der Waals surface area contributed by atoms with Gasteiger partial charge in [-0.25, -0.2) is 4.79 Å². The Hall–Kier alpha value is -1.23. The smallest absolute Gasteiger partial charge is 0.336 e. The maximum absolute atomic E-state index is 10.7. The van der Waals surface area contributed by atoms with Gasteiger partial charge >= 0.3 is 5.97 Å². The summed E-state index contributed by atoms with van der Waals surface area (Å²) < 4.78 is 0. The van der Waals surface area contributed by atoms with Crippen LogP contribution in [0.1, 0.15) is 15.2 Å². The molecule has 0 aliphatic heterocycles. The number of carboxylic acid groups (broad SMARTS) is 1. The molecular formula is C12H9Cl2NO2S. The van der Waals surface area contributed by atoms with Gasteiger partial charge < -0.3 is 10.4 Å². The molecule has 1 aromatic heterocycles. The molecule has 0 saturated carbocycles. The standard InChI is InChI=1S/C12H9Cl2NO2S/c13-9-2-1-3-10(11(9)14)15-5-8-4-7(6-18-8)12(16)17/h1-4,6,15H,5H2,(H,16,17). The van der Waals surface area contributed by atoms with Crippen LogP contribution in [0.5, 0.6) is 0 Å². The Morgan fingerprint density at radius 1 is 1.39 bits per heavy atom. The Morgan fingerprint density at radius 3 is 2.83 bits per heavy atom. The van der Waals surface area contributed by atoms with Crippen LogP contribution in [0.3, 0.4) is 0 Å². The van der Waals surface area contributed by atoms with E-state index in [1.54, 1.807) is 23.6 Å². The van der Waals surface area contributed by atoms with E-state index >= 15 is 0 Å². The summed E-state index contributed by atoms with van der Waals surface area (Å²) in [5.74, 6) is -0.918. The van der Waals surface area contributed by atoms with E-state index in [1.807, 2.05) is 6.07 Å². The van der Waals surface area contributed by atoms with Crippen molar-refractivity contribution in [2.75, 3.05) is 5.32 Å². The van der Waals surface area contributed by atoms with Gasteiger partial charge in [-0.15, -0.1) is 11.3 Å². The van der Waals surface area contributed by atoms with Gasteiger partial charge in [0.2, 0.25) is 0 Å². The fraction of sp³-hybridized carbons (Fsp3) is 0.0833. The highest BCUT2D eigenvalue weighted by atomic mass is 35.5. The average molecular weight is 302 g/mol. The van der Waals surface area contributed by atoms with Gasteiger partial charge in [-0.2, -0.15) is 0 Å². The SMILES string of the molecule is O=C(O)c1csc(CNc2cccc(Cl)c2Cl)c1. The minimum Gasteiger partial charge on any atom is -0.478 e. The molecule has 6 heteroatoms. The number of benzene rings is 1. The maximum Gasteiger partial charge on any atom is 0.336 e. The lowest BCUT2D eigenvalue weighted by atomic mass is 10.3. The Morgan fingerprint density at radius 2 is 2.17 bits per heavy atom. The molecule has 0 atom stereocenters. The van der Waals surface area contributed by atoms with E-state index in [-0.39, 0.29) is 0 Å². The number of carbonyl (C=O) groups is 1. The number of anilines is 1. The van der Waals surface area contributed by atoms with Crippen LogP contribution in [0, 0.1) is 0 Å². The molecule has 2 aromatic rings. The first-order valence-corrected chi connectivity index (χ1v) is 6.70. The molecule has 0 bridgehead atoms. The predicted molar refractivity (Wildman–Crippen MR) is 75.1 cm³/mol. The molecule has 94 valence electrons. The van der Waals surface area contributed by atoms with Crippen molar-refractivity contribution in [3.8, 4) is 0 Å². The summed E-state index contributed by atoms with van der Waals surface area (Å²) in [5, 5.41) is 14.5. The summed E-state index contributed by atoms with van der Waals surface area (Å²) in [4.78, 5) is 11.7. The lowest BCUT2D eigenvalue weighted by Gasteiger charge is -2.07. The maximum atomic E-state index is 10.7. The molecule has 0 spiro atoms. The molecule has 0 amide bonds.